The Morgan fingerprint density at radius 2 is 1.48 bits per heavy atom. The van der Waals surface area contributed by atoms with Crippen LogP contribution < -0.4 is 9.12 Å². The van der Waals surface area contributed by atoms with E-state index in [2.05, 4.69) is 99.6 Å². The summed E-state index contributed by atoms with van der Waals surface area (Å²) in [5, 5.41) is 0. The first kappa shape index (κ1) is 20.4. The minimum atomic E-state index is -0.421. The normalized spacial score (nSPS) is 13.1. The number of fused-ring (bicyclic) bond motifs is 3. The Balaban J connectivity index is 1.74. The molecule has 3 aromatic carbocycles. The molecule has 1 aliphatic rings. The molecule has 0 spiro atoms. The van der Waals surface area contributed by atoms with E-state index in [1.807, 2.05) is 0 Å². The van der Waals surface area contributed by atoms with Crippen LogP contribution in [0.1, 0.15) is 48.4 Å². The fourth-order valence-electron chi connectivity index (χ4n) is 4.87. The Kier molecular flexibility index (Phi) is 5.70. The summed E-state index contributed by atoms with van der Waals surface area (Å²) in [5.74, 6) is 0.438. The molecule has 1 aliphatic carbocycles. The third-order valence-corrected chi connectivity index (χ3v) is 7.22. The molecule has 148 valence electrons. The molecule has 0 atom stereocenters. The van der Waals surface area contributed by atoms with Crippen LogP contribution in [0, 0.1) is 0 Å². The number of nitrogens with zero attached hydrogens (tertiary/aromatic N) is 1. The average molecular weight is 418 g/mol. The van der Waals surface area contributed by atoms with Crippen molar-refractivity contribution in [2.75, 3.05) is 19.0 Å². The maximum absolute atomic E-state index is 6.10. The van der Waals surface area contributed by atoms with Gasteiger partial charge in [0, 0.05) is 0 Å². The molecule has 0 amide bonds. The quantitative estimate of drug-likeness (QED) is 0.521. The van der Waals surface area contributed by atoms with Crippen molar-refractivity contribution in [3.63, 3.8) is 0 Å². The fourth-order valence-corrected chi connectivity index (χ4v) is 5.67. The van der Waals surface area contributed by atoms with Gasteiger partial charge in [-0.15, -0.1) is 0 Å². The number of rotatable bonds is 6. The number of nitrogens with two attached hydrogens (primary N) is 1. The van der Waals surface area contributed by atoms with Crippen molar-refractivity contribution in [3.8, 4) is 11.1 Å². The van der Waals surface area contributed by atoms with E-state index in [0.29, 0.717) is 5.92 Å². The van der Waals surface area contributed by atoms with Crippen LogP contribution in [0.4, 0.5) is 5.69 Å². The predicted molar refractivity (Wildman–Crippen MR) is 120 cm³/mol. The first-order valence-corrected chi connectivity index (χ1v) is 12.4. The Morgan fingerprint density at radius 1 is 0.897 bits per heavy atom. The van der Waals surface area contributed by atoms with Gasteiger partial charge in [-0.05, 0) is 0 Å². The zero-order chi connectivity index (χ0) is 20.6. The molecular weight excluding hydrogens is 388 g/mol. The third-order valence-electron chi connectivity index (χ3n) is 6.30. The van der Waals surface area contributed by atoms with Gasteiger partial charge in [0.2, 0.25) is 0 Å². The van der Waals surface area contributed by atoms with Gasteiger partial charge in [0.1, 0.15) is 0 Å². The van der Waals surface area contributed by atoms with Gasteiger partial charge in [-0.2, -0.15) is 0 Å². The monoisotopic (exact) mass is 418 g/mol. The van der Waals surface area contributed by atoms with E-state index >= 15 is 0 Å². The number of anilines is 1. The zero-order valence-corrected chi connectivity index (χ0v) is 19.4. The van der Waals surface area contributed by atoms with Crippen molar-refractivity contribution in [1.82, 2.24) is 0 Å². The molecule has 2 nitrogen and oxygen atoms in total. The van der Waals surface area contributed by atoms with Gasteiger partial charge in [-0.25, -0.2) is 0 Å². The van der Waals surface area contributed by atoms with Crippen LogP contribution in [0.3, 0.4) is 0 Å². The van der Waals surface area contributed by atoms with E-state index in [-0.39, 0.29) is 5.41 Å². The Bertz CT molecular complexity index is 977. The van der Waals surface area contributed by atoms with Crippen LogP contribution in [0.5, 0.6) is 0 Å². The summed E-state index contributed by atoms with van der Waals surface area (Å²) < 4.78 is 7.14. The summed E-state index contributed by atoms with van der Waals surface area (Å²) >= 11 is -0.421. The van der Waals surface area contributed by atoms with Gasteiger partial charge in [-0.1, -0.05) is 0 Å². The van der Waals surface area contributed by atoms with Crippen LogP contribution in [-0.4, -0.2) is 14.1 Å². The van der Waals surface area contributed by atoms with E-state index in [1.165, 1.54) is 39.1 Å². The average Bonchev–Trinajstić information content (AvgIpc) is 3.02. The number of benzene rings is 3. The van der Waals surface area contributed by atoms with Crippen molar-refractivity contribution in [2.24, 2.45) is 4.22 Å². The van der Waals surface area contributed by atoms with Gasteiger partial charge < -0.3 is 0 Å². The Morgan fingerprint density at radius 3 is 2.03 bits per heavy atom. The molecule has 0 fully saturated rings. The molecule has 0 radical (unpaired) electrons. The summed E-state index contributed by atoms with van der Waals surface area (Å²) in [5.41, 5.74) is 9.97. The van der Waals surface area contributed by atoms with Crippen LogP contribution in [-0.2, 0) is 29.5 Å². The fraction of sp³-hybridized carbons (Fsp3) is 0.308. The predicted octanol–water partition coefficient (Wildman–Crippen LogP) is 5.69. The van der Waals surface area contributed by atoms with Gasteiger partial charge in [0.25, 0.3) is 0 Å². The summed E-state index contributed by atoms with van der Waals surface area (Å²) in [6, 6.07) is 24.8. The van der Waals surface area contributed by atoms with Crippen molar-refractivity contribution in [1.29, 1.82) is 0 Å². The molecule has 0 aliphatic heterocycles. The Hall–Kier alpha value is -1.87. The molecular formula is C26H30N2Ti. The second-order valence-electron chi connectivity index (χ2n) is 8.93. The number of hydrogen-bond acceptors (Lipinski definition) is 2. The molecule has 29 heavy (non-hydrogen) atoms. The van der Waals surface area contributed by atoms with Gasteiger partial charge in [0.05, 0.1) is 0 Å². The molecule has 0 saturated carbocycles. The van der Waals surface area contributed by atoms with Gasteiger partial charge >= 0.3 is 185 Å². The molecule has 3 heteroatoms. The molecule has 0 aromatic heterocycles. The number of hydrogen-bond donors (Lipinski definition) is 1. The van der Waals surface area contributed by atoms with Crippen LogP contribution in [0.2, 0.25) is 0 Å². The molecule has 0 saturated heterocycles. The van der Waals surface area contributed by atoms with Crippen molar-refractivity contribution in [2.45, 2.75) is 36.3 Å². The summed E-state index contributed by atoms with van der Waals surface area (Å²) in [7, 11) is 4.21. The van der Waals surface area contributed by atoms with E-state index < -0.39 is 19.4 Å². The zero-order valence-electron chi connectivity index (χ0n) is 17.9. The Labute approximate surface area is 184 Å². The van der Waals surface area contributed by atoms with Crippen LogP contribution in [0.15, 0.2) is 66.7 Å². The summed E-state index contributed by atoms with van der Waals surface area (Å²) in [6.45, 7) is 4.81. The summed E-state index contributed by atoms with van der Waals surface area (Å²) in [6.07, 6.45) is 1.10. The van der Waals surface area contributed by atoms with Crippen LogP contribution in [0.25, 0.3) is 11.1 Å². The standard InChI is InChI=1S/C26H28N.H2N.Ti/c1-18-16-19(27(4)5)14-15-25(18)26(2,3)17-24-22-12-8-6-10-20(22)21-11-7-9-13-23(21)24;;/h6-16,24H,1,17H2,2-5H3;1H2;/q;-1;+1. The van der Waals surface area contributed by atoms with Gasteiger partial charge in [-0.3, -0.25) is 0 Å². The maximum atomic E-state index is 6.10. The van der Waals surface area contributed by atoms with E-state index in [1.54, 1.807) is 0 Å². The first-order valence-electron chi connectivity index (χ1n) is 10.3. The molecule has 2 N–H and O–H groups in total. The van der Waals surface area contributed by atoms with Crippen LogP contribution >= 0.6 is 0 Å². The molecule has 0 unspecified atom stereocenters. The van der Waals surface area contributed by atoms with Crippen molar-refractivity contribution < 1.29 is 19.4 Å². The van der Waals surface area contributed by atoms with E-state index in [0.717, 1.165) is 11.1 Å². The second kappa shape index (κ2) is 8.10. The molecule has 0 heterocycles. The molecule has 4 rings (SSSR count). The third kappa shape index (κ3) is 3.82. The minimum absolute atomic E-state index is 0.0662. The van der Waals surface area contributed by atoms with Crippen molar-refractivity contribution in [3.05, 3.63) is 89.0 Å². The first-order chi connectivity index (χ1) is 13.9. The molecule has 0 bridgehead atoms. The SMILES string of the molecule is CN(C)c1ccc(C(C)(C)CC2c3ccccc3-c3ccccc32)c([CH2][Ti][NH2])c1. The topological polar surface area (TPSA) is 29.3 Å². The molecule has 3 aromatic rings. The van der Waals surface area contributed by atoms with E-state index in [4.69, 9.17) is 4.22 Å². The van der Waals surface area contributed by atoms with Gasteiger partial charge in [0.15, 0.2) is 0 Å². The summed E-state index contributed by atoms with van der Waals surface area (Å²) in [4.78, 5) is 2.18. The van der Waals surface area contributed by atoms with E-state index in [9.17, 15) is 0 Å². The van der Waals surface area contributed by atoms with Crippen molar-refractivity contribution >= 4 is 5.69 Å². The second-order valence-corrected chi connectivity index (χ2v) is 10.1.